The molecule has 8 nitrogen and oxygen atoms in total. The van der Waals surface area contributed by atoms with Gasteiger partial charge in [-0.1, -0.05) is 19.4 Å². The molecule has 0 radical (unpaired) electrons. The lowest BCUT2D eigenvalue weighted by molar-refractivity contribution is -0.140. The van der Waals surface area contributed by atoms with E-state index in [1.807, 2.05) is 19.0 Å². The number of likely N-dealkylation sites (N-methyl/N-ethyl adjacent to an activating group) is 1. The topological polar surface area (TPSA) is 88.5 Å². The van der Waals surface area contributed by atoms with Crippen molar-refractivity contribution in [3.8, 4) is 17.2 Å². The molecule has 3 rings (SSSR count). The molecule has 1 amide bonds. The van der Waals surface area contributed by atoms with Crippen molar-refractivity contribution >= 4 is 17.4 Å². The summed E-state index contributed by atoms with van der Waals surface area (Å²) in [6.07, 6.45) is 1.98. The van der Waals surface area contributed by atoms with Gasteiger partial charge in [0.2, 0.25) is 0 Å². The monoisotopic (exact) mass is 482 g/mol. The number of aliphatic hydroxyl groups excluding tert-OH is 1. The van der Waals surface area contributed by atoms with Crippen LogP contribution in [0.1, 0.15) is 36.9 Å². The summed E-state index contributed by atoms with van der Waals surface area (Å²) >= 11 is 0. The van der Waals surface area contributed by atoms with Crippen molar-refractivity contribution in [2.45, 2.75) is 25.8 Å². The first-order chi connectivity index (χ1) is 16.8. The summed E-state index contributed by atoms with van der Waals surface area (Å²) in [5, 5.41) is 11.2. The molecule has 1 atom stereocenters. The van der Waals surface area contributed by atoms with E-state index in [1.54, 1.807) is 42.5 Å². The third-order valence-corrected chi connectivity index (χ3v) is 5.95. The van der Waals surface area contributed by atoms with Crippen LogP contribution in [0.3, 0.4) is 0 Å². The van der Waals surface area contributed by atoms with Gasteiger partial charge in [-0.05, 0) is 62.5 Å². The van der Waals surface area contributed by atoms with E-state index in [-0.39, 0.29) is 11.3 Å². The molecule has 0 aliphatic carbocycles. The van der Waals surface area contributed by atoms with Gasteiger partial charge in [0.05, 0.1) is 32.4 Å². The molecule has 1 heterocycles. The second kappa shape index (κ2) is 11.8. The Bertz CT molecular complexity index is 1080. The lowest BCUT2D eigenvalue weighted by Crippen LogP contribution is -2.35. The number of ketones is 1. The lowest BCUT2D eigenvalue weighted by atomic mass is 9.95. The number of benzene rings is 2. The normalized spacial score (nSPS) is 17.2. The Kier molecular flexibility index (Phi) is 8.76. The molecule has 0 unspecified atom stereocenters. The van der Waals surface area contributed by atoms with Crippen molar-refractivity contribution in [2.75, 3.05) is 48.0 Å². The highest BCUT2D eigenvalue weighted by Gasteiger charge is 2.46. The Hall–Kier alpha value is -3.52. The Labute approximate surface area is 206 Å². The first-order valence-electron chi connectivity index (χ1n) is 11.7. The molecule has 188 valence electrons. The van der Waals surface area contributed by atoms with E-state index in [4.69, 9.17) is 14.2 Å². The van der Waals surface area contributed by atoms with Crippen molar-refractivity contribution in [3.63, 3.8) is 0 Å². The zero-order valence-corrected chi connectivity index (χ0v) is 21.0. The minimum atomic E-state index is -0.768. The van der Waals surface area contributed by atoms with Gasteiger partial charge < -0.3 is 29.1 Å². The summed E-state index contributed by atoms with van der Waals surface area (Å²) in [5.41, 5.74) is 1.12. The number of methoxy groups -OCH3 is 2. The number of hydrogen-bond donors (Lipinski definition) is 1. The maximum absolute atomic E-state index is 13.2. The number of hydrogen-bond acceptors (Lipinski definition) is 7. The lowest BCUT2D eigenvalue weighted by Gasteiger charge is -2.27. The summed E-state index contributed by atoms with van der Waals surface area (Å²) in [5.74, 6) is 0.0856. The van der Waals surface area contributed by atoms with E-state index < -0.39 is 17.7 Å². The standard InChI is InChI=1S/C27H34N2O6/c1-6-7-16-35-20-11-8-18(9-12-20)25(30)23-24(19-10-13-21(33-4)22(17-19)34-5)29(15-14-28(2)3)27(32)26(23)31/h8-13,17,24,30H,6-7,14-16H2,1-5H3/b25-23+/t24-/m0/s1. The van der Waals surface area contributed by atoms with Crippen LogP contribution < -0.4 is 14.2 Å². The van der Waals surface area contributed by atoms with Gasteiger partial charge in [-0.25, -0.2) is 0 Å². The van der Waals surface area contributed by atoms with E-state index in [1.165, 1.54) is 19.1 Å². The number of likely N-dealkylation sites (tertiary alicyclic amines) is 1. The number of amides is 1. The highest BCUT2D eigenvalue weighted by atomic mass is 16.5. The number of unbranched alkanes of at least 4 members (excludes halogenated alkanes) is 1. The zero-order chi connectivity index (χ0) is 25.5. The third-order valence-electron chi connectivity index (χ3n) is 5.95. The molecule has 2 aromatic rings. The third kappa shape index (κ3) is 5.77. The van der Waals surface area contributed by atoms with Gasteiger partial charge in [0.15, 0.2) is 11.5 Å². The van der Waals surface area contributed by atoms with E-state index in [0.717, 1.165) is 12.8 Å². The number of carbonyl (C=O) groups is 2. The van der Waals surface area contributed by atoms with E-state index in [2.05, 4.69) is 6.92 Å². The summed E-state index contributed by atoms with van der Waals surface area (Å²) in [6.45, 7) is 3.57. The van der Waals surface area contributed by atoms with Gasteiger partial charge in [0.25, 0.3) is 11.7 Å². The number of ether oxygens (including phenoxy) is 3. The molecule has 0 spiro atoms. The Morgan fingerprint density at radius 3 is 2.31 bits per heavy atom. The number of aliphatic hydroxyl groups is 1. The molecule has 8 heteroatoms. The van der Waals surface area contributed by atoms with Crippen LogP contribution in [-0.2, 0) is 9.59 Å². The Morgan fingerprint density at radius 2 is 1.71 bits per heavy atom. The van der Waals surface area contributed by atoms with Crippen LogP contribution in [0, 0.1) is 0 Å². The maximum Gasteiger partial charge on any atom is 0.295 e. The van der Waals surface area contributed by atoms with Crippen LogP contribution in [-0.4, -0.2) is 74.6 Å². The second-order valence-electron chi connectivity index (χ2n) is 8.64. The summed E-state index contributed by atoms with van der Waals surface area (Å²) in [7, 11) is 6.85. The quantitative estimate of drug-likeness (QED) is 0.225. The maximum atomic E-state index is 13.2. The first kappa shape index (κ1) is 26.1. The molecule has 35 heavy (non-hydrogen) atoms. The van der Waals surface area contributed by atoms with Crippen LogP contribution in [0.15, 0.2) is 48.0 Å². The fraction of sp³-hybridized carbons (Fsp3) is 0.407. The van der Waals surface area contributed by atoms with Crippen LogP contribution in [0.5, 0.6) is 17.2 Å². The largest absolute Gasteiger partial charge is 0.507 e. The van der Waals surface area contributed by atoms with Gasteiger partial charge in [-0.2, -0.15) is 0 Å². The molecule has 0 saturated carbocycles. The molecule has 1 N–H and O–H groups in total. The molecular formula is C27H34N2O6. The Morgan fingerprint density at radius 1 is 1.03 bits per heavy atom. The zero-order valence-electron chi connectivity index (χ0n) is 21.0. The van der Waals surface area contributed by atoms with E-state index >= 15 is 0 Å². The summed E-state index contributed by atoms with van der Waals surface area (Å²) < 4.78 is 16.5. The fourth-order valence-electron chi connectivity index (χ4n) is 3.99. The Balaban J connectivity index is 2.06. The molecule has 0 aromatic heterocycles. The van der Waals surface area contributed by atoms with Crippen LogP contribution in [0.4, 0.5) is 0 Å². The molecule has 2 aromatic carbocycles. The van der Waals surface area contributed by atoms with Crippen molar-refractivity contribution < 1.29 is 28.9 Å². The predicted molar refractivity (Wildman–Crippen MR) is 134 cm³/mol. The van der Waals surface area contributed by atoms with Crippen LogP contribution in [0.2, 0.25) is 0 Å². The van der Waals surface area contributed by atoms with Gasteiger partial charge >= 0.3 is 0 Å². The summed E-state index contributed by atoms with van der Waals surface area (Å²) in [6, 6.07) is 11.3. The highest BCUT2D eigenvalue weighted by molar-refractivity contribution is 6.46. The van der Waals surface area contributed by atoms with Gasteiger partial charge in [-0.15, -0.1) is 0 Å². The predicted octanol–water partition coefficient (Wildman–Crippen LogP) is 3.87. The van der Waals surface area contributed by atoms with Crippen LogP contribution >= 0.6 is 0 Å². The van der Waals surface area contributed by atoms with Crippen molar-refractivity contribution in [1.29, 1.82) is 0 Å². The SMILES string of the molecule is CCCCOc1ccc(/C(O)=C2\C(=O)C(=O)N(CCN(C)C)[C@H]2c2ccc(OC)c(OC)c2)cc1. The molecule has 1 saturated heterocycles. The van der Waals surface area contributed by atoms with Crippen molar-refractivity contribution in [3.05, 3.63) is 59.2 Å². The van der Waals surface area contributed by atoms with Gasteiger partial charge in [0, 0.05) is 18.7 Å². The fourth-order valence-corrected chi connectivity index (χ4v) is 3.99. The minimum absolute atomic E-state index is 0.0422. The number of carbonyl (C=O) groups excluding carboxylic acids is 2. The number of nitrogens with zero attached hydrogens (tertiary/aromatic N) is 2. The molecular weight excluding hydrogens is 448 g/mol. The molecule has 1 fully saturated rings. The smallest absolute Gasteiger partial charge is 0.295 e. The van der Waals surface area contributed by atoms with Gasteiger partial charge in [-0.3, -0.25) is 9.59 Å². The van der Waals surface area contributed by atoms with Crippen molar-refractivity contribution in [2.24, 2.45) is 0 Å². The highest BCUT2D eigenvalue weighted by Crippen LogP contribution is 2.42. The first-order valence-corrected chi connectivity index (χ1v) is 11.7. The molecule has 1 aliphatic rings. The number of Topliss-reactive ketones (excluding diaryl/α,β-unsaturated/α-hetero) is 1. The number of rotatable bonds is 11. The van der Waals surface area contributed by atoms with Crippen molar-refractivity contribution in [1.82, 2.24) is 9.80 Å². The van der Waals surface area contributed by atoms with Gasteiger partial charge in [0.1, 0.15) is 11.5 Å². The molecule has 0 bridgehead atoms. The van der Waals surface area contributed by atoms with Crippen LogP contribution in [0.25, 0.3) is 5.76 Å². The average Bonchev–Trinajstić information content (AvgIpc) is 3.12. The van der Waals surface area contributed by atoms with E-state index in [9.17, 15) is 14.7 Å². The minimum Gasteiger partial charge on any atom is -0.507 e. The molecule has 1 aliphatic heterocycles. The average molecular weight is 483 g/mol. The summed E-state index contributed by atoms with van der Waals surface area (Å²) in [4.78, 5) is 29.7. The van der Waals surface area contributed by atoms with E-state index in [0.29, 0.717) is 48.1 Å². The second-order valence-corrected chi connectivity index (χ2v) is 8.64.